The molecule has 0 saturated heterocycles. The first-order valence-electron chi connectivity index (χ1n) is 3.08. The molecule has 54 valence electrons. The van der Waals surface area contributed by atoms with E-state index < -0.39 is 0 Å². The van der Waals surface area contributed by atoms with Crippen LogP contribution in [0.4, 0.5) is 0 Å². The summed E-state index contributed by atoms with van der Waals surface area (Å²) in [6.45, 7) is 1.83. The molecule has 0 unspecified atom stereocenters. The predicted octanol–water partition coefficient (Wildman–Crippen LogP) is 1.53. The Morgan fingerprint density at radius 3 is 2.40 bits per heavy atom. The van der Waals surface area contributed by atoms with Crippen LogP contribution in [-0.4, -0.2) is 11.4 Å². The van der Waals surface area contributed by atoms with E-state index in [1.165, 1.54) is 0 Å². The van der Waals surface area contributed by atoms with Crippen molar-refractivity contribution in [1.82, 2.24) is 4.31 Å². The lowest BCUT2D eigenvalue weighted by molar-refractivity contribution is 0.827. The monoisotopic (exact) mass is 153 g/mol. The molecule has 2 heteroatoms. The fraction of sp³-hybridized carbons (Fsp3) is 0.500. The van der Waals surface area contributed by atoms with Gasteiger partial charge in [-0.2, -0.15) is 0 Å². The van der Waals surface area contributed by atoms with E-state index in [9.17, 15) is 0 Å². The largest absolute Gasteiger partial charge is 0.281 e. The van der Waals surface area contributed by atoms with E-state index in [0.717, 1.165) is 12.8 Å². The molecular weight excluding hydrogens is 142 g/mol. The van der Waals surface area contributed by atoms with Gasteiger partial charge in [0.05, 0.1) is 0 Å². The normalized spacial score (nSPS) is 6.70. The molecule has 0 spiro atoms. The Morgan fingerprint density at radius 1 is 1.30 bits per heavy atom. The molecule has 0 aliphatic rings. The lowest BCUT2D eigenvalue weighted by atomic mass is 10.3. The van der Waals surface area contributed by atoms with E-state index in [-0.39, 0.29) is 0 Å². The first-order valence-corrected chi connectivity index (χ1v) is 3.48. The Morgan fingerprint density at radius 2 is 1.90 bits per heavy atom. The van der Waals surface area contributed by atoms with Gasteiger partial charge in [0.2, 0.25) is 0 Å². The van der Waals surface area contributed by atoms with Crippen LogP contribution in [0, 0.1) is 23.8 Å². The van der Waals surface area contributed by atoms with Crippen LogP contribution in [0.2, 0.25) is 0 Å². The highest BCUT2D eigenvalue weighted by atomic mass is 32.1. The Labute approximate surface area is 68.3 Å². The van der Waals surface area contributed by atoms with Gasteiger partial charge < -0.3 is 0 Å². The van der Waals surface area contributed by atoms with Crippen LogP contribution >= 0.6 is 12.8 Å². The van der Waals surface area contributed by atoms with Crippen molar-refractivity contribution < 1.29 is 0 Å². The smallest absolute Gasteiger partial charge is 0.0265 e. The van der Waals surface area contributed by atoms with Crippen LogP contribution in [0.1, 0.15) is 19.8 Å². The molecule has 0 fully saturated rings. The highest BCUT2D eigenvalue weighted by molar-refractivity contribution is 7.77. The van der Waals surface area contributed by atoms with Crippen molar-refractivity contribution in [3.05, 3.63) is 0 Å². The summed E-state index contributed by atoms with van der Waals surface area (Å²) in [5, 5.41) is 0. The molecule has 0 amide bonds. The van der Waals surface area contributed by atoms with Gasteiger partial charge in [0.15, 0.2) is 0 Å². The molecular formula is C8H11NS. The highest BCUT2D eigenvalue weighted by Gasteiger charge is 1.75. The van der Waals surface area contributed by atoms with E-state index in [1.54, 1.807) is 11.4 Å². The lowest BCUT2D eigenvalue weighted by Gasteiger charge is -1.94. The van der Waals surface area contributed by atoms with Gasteiger partial charge in [-0.1, -0.05) is 18.7 Å². The van der Waals surface area contributed by atoms with Gasteiger partial charge in [-0.3, -0.25) is 4.31 Å². The van der Waals surface area contributed by atoms with Gasteiger partial charge >= 0.3 is 0 Å². The fourth-order valence-corrected chi connectivity index (χ4v) is 0.491. The van der Waals surface area contributed by atoms with Crippen molar-refractivity contribution >= 4 is 12.8 Å². The second kappa shape index (κ2) is 6.39. The van der Waals surface area contributed by atoms with Gasteiger partial charge in [0.25, 0.3) is 0 Å². The topological polar surface area (TPSA) is 3.24 Å². The second-order valence-corrected chi connectivity index (χ2v) is 2.34. The third-order valence-electron chi connectivity index (χ3n) is 0.793. The summed E-state index contributed by atoms with van der Waals surface area (Å²) >= 11 is 3.95. The van der Waals surface area contributed by atoms with Crippen molar-refractivity contribution in [2.75, 3.05) is 7.05 Å². The minimum Gasteiger partial charge on any atom is -0.281 e. The summed E-state index contributed by atoms with van der Waals surface area (Å²) in [4.78, 5) is 0. The zero-order valence-electron chi connectivity index (χ0n) is 6.31. The van der Waals surface area contributed by atoms with Crippen molar-refractivity contribution in [1.29, 1.82) is 0 Å². The van der Waals surface area contributed by atoms with Crippen LogP contribution in [0.15, 0.2) is 0 Å². The van der Waals surface area contributed by atoms with Crippen molar-refractivity contribution in [3.63, 3.8) is 0 Å². The molecule has 10 heavy (non-hydrogen) atoms. The molecule has 0 aliphatic heterocycles. The molecule has 0 rings (SSSR count). The molecule has 0 aliphatic carbocycles. The molecule has 0 atom stereocenters. The molecule has 0 N–H and O–H groups in total. The van der Waals surface area contributed by atoms with E-state index in [4.69, 9.17) is 0 Å². The summed E-state index contributed by atoms with van der Waals surface area (Å²) < 4.78 is 1.54. The molecule has 1 nitrogen and oxygen atoms in total. The summed E-state index contributed by atoms with van der Waals surface area (Å²) in [6, 6.07) is 2.78. The minimum absolute atomic E-state index is 0.825. The van der Waals surface area contributed by atoms with E-state index >= 15 is 0 Å². The molecule has 0 aromatic heterocycles. The molecule has 0 heterocycles. The van der Waals surface area contributed by atoms with Crippen molar-refractivity contribution in [2.45, 2.75) is 19.8 Å². The van der Waals surface area contributed by atoms with Crippen molar-refractivity contribution in [2.24, 2.45) is 0 Å². The van der Waals surface area contributed by atoms with Crippen LogP contribution in [0.5, 0.6) is 0 Å². The number of thiol groups is 1. The number of rotatable bonds is 1. The molecule has 0 aromatic rings. The Hall–Kier alpha value is -0.730. The second-order valence-electron chi connectivity index (χ2n) is 1.74. The molecule has 0 bridgehead atoms. The number of hydrogen-bond donors (Lipinski definition) is 1. The number of unbranched alkanes of at least 4 members (excludes halogenated alkanes) is 1. The Balaban J connectivity index is 3.35. The first kappa shape index (κ1) is 9.27. The van der Waals surface area contributed by atoms with Crippen LogP contribution in [0.25, 0.3) is 0 Å². The van der Waals surface area contributed by atoms with Crippen LogP contribution < -0.4 is 0 Å². The van der Waals surface area contributed by atoms with Crippen LogP contribution in [-0.2, 0) is 0 Å². The number of hydrogen-bond acceptors (Lipinski definition) is 2. The highest BCUT2D eigenvalue weighted by Crippen LogP contribution is 1.85. The quantitative estimate of drug-likeness (QED) is 0.259. The third-order valence-corrected chi connectivity index (χ3v) is 0.893. The van der Waals surface area contributed by atoms with E-state index in [2.05, 4.69) is 36.6 Å². The summed E-state index contributed by atoms with van der Waals surface area (Å²) in [7, 11) is 1.79. The van der Waals surface area contributed by atoms with Gasteiger partial charge in [0, 0.05) is 25.9 Å². The average molecular weight is 153 g/mol. The van der Waals surface area contributed by atoms with E-state index in [0.29, 0.717) is 0 Å². The zero-order valence-corrected chi connectivity index (χ0v) is 7.20. The molecule has 0 aromatic carbocycles. The summed E-state index contributed by atoms with van der Waals surface area (Å²) in [5.74, 6) is 8.65. The fourth-order valence-electron chi connectivity index (χ4n) is 0.420. The Bertz CT molecular complexity index is 187. The Kier molecular flexibility index (Phi) is 5.92. The lowest BCUT2D eigenvalue weighted by Crippen LogP contribution is -1.91. The third kappa shape index (κ3) is 7.27. The number of nitrogens with zero attached hydrogens (tertiary/aromatic N) is 1. The summed E-state index contributed by atoms with van der Waals surface area (Å²) in [6.07, 6.45) is 1.68. The maximum atomic E-state index is 3.95. The predicted molar refractivity (Wildman–Crippen MR) is 47.2 cm³/mol. The SMILES string of the molecule is CC#CCCC#CN(C)S. The zero-order chi connectivity index (χ0) is 7.82. The standard InChI is InChI=1S/C8H11NS/c1-3-4-5-6-7-8-9(2)10/h10H,5-6H2,1-2H3. The van der Waals surface area contributed by atoms with Gasteiger partial charge in [0.1, 0.15) is 0 Å². The van der Waals surface area contributed by atoms with Gasteiger partial charge in [-0.15, -0.1) is 11.8 Å². The van der Waals surface area contributed by atoms with Crippen LogP contribution in [0.3, 0.4) is 0 Å². The maximum absolute atomic E-state index is 3.95. The molecule has 0 saturated carbocycles. The minimum atomic E-state index is 0.825. The van der Waals surface area contributed by atoms with Gasteiger partial charge in [-0.25, -0.2) is 0 Å². The first-order chi connectivity index (χ1) is 4.77. The van der Waals surface area contributed by atoms with Gasteiger partial charge in [-0.05, 0) is 6.92 Å². The average Bonchev–Trinajstić information content (AvgIpc) is 1.87. The van der Waals surface area contributed by atoms with Crippen molar-refractivity contribution in [3.8, 4) is 23.8 Å². The van der Waals surface area contributed by atoms with E-state index in [1.807, 2.05) is 6.92 Å². The molecule has 0 radical (unpaired) electrons. The maximum Gasteiger partial charge on any atom is 0.0265 e. The summed E-state index contributed by atoms with van der Waals surface area (Å²) in [5.41, 5.74) is 0.